The van der Waals surface area contributed by atoms with Gasteiger partial charge in [0.25, 0.3) is 0 Å². The number of nitrogens with one attached hydrogen (secondary N) is 1. The maximum Gasteiger partial charge on any atom is 0.199 e. The van der Waals surface area contributed by atoms with E-state index in [0.29, 0.717) is 25.9 Å². The van der Waals surface area contributed by atoms with Gasteiger partial charge in [-0.3, -0.25) is 18.5 Å². The number of halogens is 2. The van der Waals surface area contributed by atoms with Gasteiger partial charge in [0.05, 0.1) is 35.9 Å². The summed E-state index contributed by atoms with van der Waals surface area (Å²) in [5.41, 5.74) is 5.80. The van der Waals surface area contributed by atoms with Gasteiger partial charge >= 0.3 is 0 Å². The highest BCUT2D eigenvalue weighted by molar-refractivity contribution is 7.98. The molecule has 0 bridgehead atoms. The van der Waals surface area contributed by atoms with Crippen LogP contribution in [-0.4, -0.2) is 49.7 Å². The summed E-state index contributed by atoms with van der Waals surface area (Å²) in [5, 5.41) is 15.1. The molecule has 1 aliphatic rings. The largest absolute Gasteiger partial charge is 0.380 e. The van der Waals surface area contributed by atoms with Gasteiger partial charge in [0, 0.05) is 12.7 Å². The van der Waals surface area contributed by atoms with Crippen molar-refractivity contribution in [3.8, 4) is 0 Å². The third-order valence-electron chi connectivity index (χ3n) is 5.57. The van der Waals surface area contributed by atoms with Gasteiger partial charge in [-0.2, -0.15) is 5.10 Å². The van der Waals surface area contributed by atoms with Crippen LogP contribution in [0.15, 0.2) is 54.3 Å². The number of imidazole rings is 1. The molecule has 2 aromatic heterocycles. The predicted octanol–water partition coefficient (Wildman–Crippen LogP) is 4.43. The Balaban J connectivity index is 0.00000176. The van der Waals surface area contributed by atoms with Gasteiger partial charge < -0.3 is 5.32 Å². The third-order valence-corrected chi connectivity index (χ3v) is 6.49. The fourth-order valence-electron chi connectivity index (χ4n) is 3.92. The Bertz CT molecular complexity index is 1230. The second kappa shape index (κ2) is 12.5. The van der Waals surface area contributed by atoms with E-state index in [1.54, 1.807) is 9.31 Å². The Morgan fingerprint density at radius 2 is 1.97 bits per heavy atom. The zero-order chi connectivity index (χ0) is 26.2. The number of carbonyl (C=O) groups is 1. The molecular formula is C25H30F2N6O2S. The number of nitrogens with zero attached hydrogens (tertiary/aromatic N) is 5. The molecule has 36 heavy (non-hydrogen) atoms. The number of pyridine rings is 1. The number of aldehydes is 1. The van der Waals surface area contributed by atoms with Gasteiger partial charge in [0.2, 0.25) is 0 Å². The molecule has 0 radical (unpaired) electrons. The van der Waals surface area contributed by atoms with Crippen molar-refractivity contribution in [1.29, 1.82) is 0 Å². The van der Waals surface area contributed by atoms with Crippen molar-refractivity contribution in [2.45, 2.75) is 39.2 Å². The zero-order valence-corrected chi connectivity index (χ0v) is 21.3. The maximum absolute atomic E-state index is 13.3. The number of fused-ring (bicyclic) bond motifs is 1. The van der Waals surface area contributed by atoms with E-state index in [2.05, 4.69) is 47.5 Å². The predicted molar refractivity (Wildman–Crippen MR) is 141 cm³/mol. The van der Waals surface area contributed by atoms with Crippen LogP contribution in [0.5, 0.6) is 0 Å². The molecule has 4 rings (SSSR count). The number of aromatic nitrogens is 2. The number of aryl methyl sites for hydroxylation is 2. The lowest BCUT2D eigenvalue weighted by atomic mass is 10.1. The van der Waals surface area contributed by atoms with Gasteiger partial charge in [0.15, 0.2) is 17.6 Å². The molecule has 11 heteroatoms. The summed E-state index contributed by atoms with van der Waals surface area (Å²) in [4.78, 5) is 16.2. The molecule has 0 spiro atoms. The maximum atomic E-state index is 13.3. The minimum atomic E-state index is -1.10. The molecule has 1 aliphatic heterocycles. The highest BCUT2D eigenvalue weighted by Crippen LogP contribution is 2.25. The number of benzene rings is 1. The lowest BCUT2D eigenvalue weighted by Gasteiger charge is -2.32. The molecule has 1 aromatic carbocycles. The Morgan fingerprint density at radius 1 is 1.25 bits per heavy atom. The SMILES string of the molecule is C=C(NCc1ccc(N2CCN(SC(C)F)C(C=O)=N2)cc1)c1c(CC)nc2ccc(C)cn12.OF. The van der Waals surface area contributed by atoms with Gasteiger partial charge in [0.1, 0.15) is 5.65 Å². The molecule has 0 fully saturated rings. The van der Waals surface area contributed by atoms with Crippen LogP contribution in [0.4, 0.5) is 14.6 Å². The van der Waals surface area contributed by atoms with E-state index < -0.39 is 5.50 Å². The lowest BCUT2D eigenvalue weighted by Crippen LogP contribution is -2.41. The minimum absolute atomic E-state index is 0.220. The van der Waals surface area contributed by atoms with Crippen LogP contribution < -0.4 is 10.3 Å². The van der Waals surface area contributed by atoms with Crippen LogP contribution in [0.25, 0.3) is 11.3 Å². The van der Waals surface area contributed by atoms with Crippen LogP contribution in [0.3, 0.4) is 0 Å². The number of hydrazone groups is 1. The first kappa shape index (κ1) is 27.2. The normalized spacial score (nSPS) is 14.1. The lowest BCUT2D eigenvalue weighted by molar-refractivity contribution is -0.103. The number of hydrogen-bond acceptors (Lipinski definition) is 8. The number of amidine groups is 1. The van der Waals surface area contributed by atoms with Crippen molar-refractivity contribution >= 4 is 41.1 Å². The molecule has 0 amide bonds. The smallest absolute Gasteiger partial charge is 0.199 e. The monoisotopic (exact) mass is 516 g/mol. The quantitative estimate of drug-likeness (QED) is 0.322. The second-order valence-electron chi connectivity index (χ2n) is 8.14. The van der Waals surface area contributed by atoms with Crippen molar-refractivity contribution in [2.75, 3.05) is 18.1 Å². The molecule has 2 N–H and O–H groups in total. The summed E-state index contributed by atoms with van der Waals surface area (Å²) >= 11 is 0.975. The summed E-state index contributed by atoms with van der Waals surface area (Å²) in [5.74, 6) is 0.220. The van der Waals surface area contributed by atoms with Crippen LogP contribution >= 0.6 is 11.9 Å². The van der Waals surface area contributed by atoms with Crippen molar-refractivity contribution in [1.82, 2.24) is 19.0 Å². The summed E-state index contributed by atoms with van der Waals surface area (Å²) < 4.78 is 25.5. The fraction of sp³-hybridized carbons (Fsp3) is 0.320. The van der Waals surface area contributed by atoms with Crippen LogP contribution in [0.1, 0.15) is 36.4 Å². The Labute approximate surface area is 213 Å². The minimum Gasteiger partial charge on any atom is -0.380 e. The van der Waals surface area contributed by atoms with Crippen molar-refractivity contribution in [3.05, 3.63) is 71.7 Å². The van der Waals surface area contributed by atoms with E-state index in [1.807, 2.05) is 30.3 Å². The Kier molecular flexibility index (Phi) is 9.43. The molecule has 0 aliphatic carbocycles. The molecule has 8 nitrogen and oxygen atoms in total. The highest BCUT2D eigenvalue weighted by atomic mass is 32.2. The van der Waals surface area contributed by atoms with Crippen molar-refractivity contribution < 1.29 is 19.0 Å². The fourth-order valence-corrected chi connectivity index (χ4v) is 4.64. The summed E-state index contributed by atoms with van der Waals surface area (Å²) in [6.45, 7) is 11.6. The molecule has 3 aromatic rings. The first-order chi connectivity index (χ1) is 17.4. The van der Waals surface area contributed by atoms with Gasteiger partial charge in [-0.1, -0.05) is 36.2 Å². The summed E-state index contributed by atoms with van der Waals surface area (Å²) in [6, 6.07) is 12.1. The number of carbonyl (C=O) groups excluding carboxylic acids is 1. The zero-order valence-electron chi connectivity index (χ0n) is 20.5. The number of hydrogen-bond donors (Lipinski definition) is 2. The number of anilines is 1. The van der Waals surface area contributed by atoms with Crippen molar-refractivity contribution in [2.24, 2.45) is 5.10 Å². The molecule has 0 saturated heterocycles. The molecule has 1 atom stereocenters. The second-order valence-corrected chi connectivity index (χ2v) is 9.44. The van der Waals surface area contributed by atoms with E-state index in [1.165, 1.54) is 6.92 Å². The van der Waals surface area contributed by atoms with E-state index >= 15 is 0 Å². The Morgan fingerprint density at radius 3 is 2.61 bits per heavy atom. The summed E-state index contributed by atoms with van der Waals surface area (Å²) in [6.07, 6.45) is 3.57. The Hall–Kier alpha value is -3.44. The number of alkyl halides is 1. The van der Waals surface area contributed by atoms with Crippen LogP contribution in [0.2, 0.25) is 0 Å². The molecule has 1 unspecified atom stereocenters. The summed E-state index contributed by atoms with van der Waals surface area (Å²) in [7, 11) is 0. The molecule has 0 saturated carbocycles. The van der Waals surface area contributed by atoms with Crippen molar-refractivity contribution in [3.63, 3.8) is 0 Å². The average Bonchev–Trinajstić information content (AvgIpc) is 3.26. The van der Waals surface area contributed by atoms with E-state index in [4.69, 9.17) is 14.8 Å². The van der Waals surface area contributed by atoms with Gasteiger partial charge in [-0.15, -0.1) is 0 Å². The van der Waals surface area contributed by atoms with E-state index in [9.17, 15) is 9.18 Å². The van der Waals surface area contributed by atoms with Crippen LogP contribution in [0, 0.1) is 6.92 Å². The molecular weight excluding hydrogens is 486 g/mol. The van der Waals surface area contributed by atoms with E-state index in [0.717, 1.165) is 57.9 Å². The molecule has 3 heterocycles. The molecule has 192 valence electrons. The first-order valence-corrected chi connectivity index (χ1v) is 12.3. The van der Waals surface area contributed by atoms with Gasteiger partial charge in [-0.25, -0.2) is 14.7 Å². The van der Waals surface area contributed by atoms with Crippen LogP contribution in [-0.2, 0) is 17.8 Å². The van der Waals surface area contributed by atoms with Gasteiger partial charge in [-0.05, 0) is 61.5 Å². The standard InChI is InChI=1S/C25H29FN6OS.FHO/c1-5-22-25(30-15-17(2)6-11-23(30)28-22)18(3)27-14-20-7-9-21(10-8-20)31-12-13-32(34-19(4)26)24(16-33)29-31;1-2/h6-11,15-16,19,27H,3,5,12-14H2,1-2,4H3;2H. The first-order valence-electron chi connectivity index (χ1n) is 11.5. The topological polar surface area (TPSA) is 85.5 Å². The highest BCUT2D eigenvalue weighted by Gasteiger charge is 2.22. The average molecular weight is 517 g/mol. The van der Waals surface area contributed by atoms with E-state index in [-0.39, 0.29) is 5.84 Å². The number of rotatable bonds is 9. The third kappa shape index (κ3) is 6.21.